The zero-order valence-corrected chi connectivity index (χ0v) is 14.8. The topological polar surface area (TPSA) is 75.7 Å². The van der Waals surface area contributed by atoms with Gasteiger partial charge in [0.15, 0.2) is 0 Å². The van der Waals surface area contributed by atoms with E-state index in [4.69, 9.17) is 4.74 Å². The average Bonchev–Trinajstić information content (AvgIpc) is 2.95. The molecule has 1 heterocycles. The zero-order chi connectivity index (χ0) is 18.4. The molecule has 2 bridgehead atoms. The number of amides is 3. The molecule has 1 saturated carbocycles. The summed E-state index contributed by atoms with van der Waals surface area (Å²) >= 11 is 0. The highest BCUT2D eigenvalue weighted by molar-refractivity contribution is 6.10. The Morgan fingerprint density at radius 2 is 1.69 bits per heavy atom. The summed E-state index contributed by atoms with van der Waals surface area (Å²) in [4.78, 5) is 39.7. The fourth-order valence-corrected chi connectivity index (χ4v) is 4.58. The Balaban J connectivity index is 1.55. The third kappa shape index (κ3) is 2.43. The van der Waals surface area contributed by atoms with Gasteiger partial charge in [-0.1, -0.05) is 24.3 Å². The first-order valence-corrected chi connectivity index (χ1v) is 9.02. The first-order chi connectivity index (χ1) is 12.5. The van der Waals surface area contributed by atoms with Gasteiger partial charge in [-0.3, -0.25) is 19.3 Å². The van der Waals surface area contributed by atoms with Crippen LogP contribution in [0.3, 0.4) is 0 Å². The summed E-state index contributed by atoms with van der Waals surface area (Å²) in [7, 11) is 1.52. The molecule has 6 nitrogen and oxygen atoms in total. The maximum Gasteiger partial charge on any atom is 0.247 e. The van der Waals surface area contributed by atoms with Crippen LogP contribution < -0.4 is 10.1 Å². The molecule has 1 saturated heterocycles. The predicted octanol–water partition coefficient (Wildman–Crippen LogP) is 2.22. The standard InChI is InChI=1S/C20H22N2O4/c1-11(18(23)21-14-5-3-4-6-15(14)26-2)22-19(24)16-12-7-8-13(10-9-12)17(16)20(22)25/h3-8,11-13,16-17H,9-10H2,1-2H3,(H,21,23)/t11-,12-,13-,16-,17+/m0/s1. The second kappa shape index (κ2) is 6.27. The number of para-hydroxylation sites is 2. The maximum atomic E-state index is 12.9. The van der Waals surface area contributed by atoms with Gasteiger partial charge in [0.2, 0.25) is 17.7 Å². The smallest absolute Gasteiger partial charge is 0.247 e. The summed E-state index contributed by atoms with van der Waals surface area (Å²) in [6.45, 7) is 1.60. The lowest BCUT2D eigenvalue weighted by Crippen LogP contribution is -2.46. The number of benzene rings is 1. The van der Waals surface area contributed by atoms with Crippen molar-refractivity contribution in [3.63, 3.8) is 0 Å². The maximum absolute atomic E-state index is 12.9. The van der Waals surface area contributed by atoms with Crippen molar-refractivity contribution in [3.8, 4) is 5.75 Å². The lowest BCUT2D eigenvalue weighted by atomic mass is 9.63. The van der Waals surface area contributed by atoms with E-state index < -0.39 is 11.9 Å². The fraction of sp³-hybridized carbons (Fsp3) is 0.450. The molecule has 0 spiro atoms. The number of nitrogens with zero attached hydrogens (tertiary/aromatic N) is 1. The number of carbonyl (C=O) groups is 3. The number of hydrogen-bond acceptors (Lipinski definition) is 4. The van der Waals surface area contributed by atoms with Crippen LogP contribution in [0.1, 0.15) is 19.8 Å². The molecule has 136 valence electrons. The van der Waals surface area contributed by atoms with Crippen molar-refractivity contribution in [1.82, 2.24) is 4.90 Å². The summed E-state index contributed by atoms with van der Waals surface area (Å²) in [6, 6.07) is 6.20. The number of nitrogens with one attached hydrogen (secondary N) is 1. The van der Waals surface area contributed by atoms with Gasteiger partial charge in [0.25, 0.3) is 0 Å². The van der Waals surface area contributed by atoms with E-state index in [-0.39, 0.29) is 35.5 Å². The molecule has 1 N–H and O–H groups in total. The number of carbonyl (C=O) groups excluding carboxylic acids is 3. The van der Waals surface area contributed by atoms with Crippen LogP contribution in [0.5, 0.6) is 5.75 Å². The summed E-state index contributed by atoms with van der Waals surface area (Å²) in [5.74, 6) is -0.631. The van der Waals surface area contributed by atoms with E-state index in [0.29, 0.717) is 11.4 Å². The molecule has 6 heteroatoms. The Morgan fingerprint density at radius 3 is 2.23 bits per heavy atom. The molecule has 2 fully saturated rings. The number of methoxy groups -OCH3 is 1. The van der Waals surface area contributed by atoms with Crippen LogP contribution in [0.4, 0.5) is 5.69 Å². The van der Waals surface area contributed by atoms with Crippen LogP contribution in [-0.4, -0.2) is 35.8 Å². The third-order valence-electron chi connectivity index (χ3n) is 5.93. The van der Waals surface area contributed by atoms with E-state index in [1.165, 1.54) is 12.0 Å². The van der Waals surface area contributed by atoms with Gasteiger partial charge in [-0.05, 0) is 43.7 Å². The molecular formula is C20H22N2O4. The second-order valence-electron chi connectivity index (χ2n) is 7.25. The molecule has 0 unspecified atom stereocenters. The van der Waals surface area contributed by atoms with E-state index in [0.717, 1.165) is 12.8 Å². The highest BCUT2D eigenvalue weighted by Gasteiger charge is 2.58. The SMILES string of the molecule is COc1ccccc1NC(=O)[C@H](C)N1C(=O)[C@@H]2[C@H](C1=O)[C@H]1C=C[C@H]2CC1. The molecule has 0 aromatic heterocycles. The van der Waals surface area contributed by atoms with Crippen molar-refractivity contribution in [1.29, 1.82) is 0 Å². The Bertz CT molecular complexity index is 771. The molecular weight excluding hydrogens is 332 g/mol. The molecule has 3 amide bonds. The van der Waals surface area contributed by atoms with Crippen molar-refractivity contribution < 1.29 is 19.1 Å². The minimum Gasteiger partial charge on any atom is -0.495 e. The fourth-order valence-electron chi connectivity index (χ4n) is 4.58. The zero-order valence-electron chi connectivity index (χ0n) is 14.8. The number of imide groups is 1. The van der Waals surface area contributed by atoms with Crippen LogP contribution in [0.15, 0.2) is 36.4 Å². The first-order valence-electron chi connectivity index (χ1n) is 9.02. The average molecular weight is 354 g/mol. The van der Waals surface area contributed by atoms with Crippen molar-refractivity contribution in [2.45, 2.75) is 25.8 Å². The quantitative estimate of drug-likeness (QED) is 0.664. The van der Waals surface area contributed by atoms with Gasteiger partial charge in [0.05, 0.1) is 24.6 Å². The van der Waals surface area contributed by atoms with E-state index in [9.17, 15) is 14.4 Å². The highest BCUT2D eigenvalue weighted by atomic mass is 16.5. The minimum absolute atomic E-state index is 0.121. The Labute approximate surface area is 152 Å². The van der Waals surface area contributed by atoms with Gasteiger partial charge in [-0.25, -0.2) is 0 Å². The Morgan fingerprint density at radius 1 is 1.12 bits per heavy atom. The Kier molecular flexibility index (Phi) is 4.05. The first kappa shape index (κ1) is 16.8. The van der Waals surface area contributed by atoms with Gasteiger partial charge in [0.1, 0.15) is 11.8 Å². The Hall–Kier alpha value is -2.63. The monoisotopic (exact) mass is 354 g/mol. The third-order valence-corrected chi connectivity index (χ3v) is 5.93. The van der Waals surface area contributed by atoms with Crippen molar-refractivity contribution in [3.05, 3.63) is 36.4 Å². The number of ether oxygens (including phenoxy) is 1. The van der Waals surface area contributed by atoms with Crippen molar-refractivity contribution in [2.75, 3.05) is 12.4 Å². The summed E-state index contributed by atoms with van der Waals surface area (Å²) in [5.41, 5.74) is 0.519. The molecule has 26 heavy (non-hydrogen) atoms. The molecule has 0 radical (unpaired) electrons. The largest absolute Gasteiger partial charge is 0.495 e. The summed E-state index contributed by atoms with van der Waals surface area (Å²) in [6.07, 6.45) is 6.03. The number of rotatable bonds is 4. The van der Waals surface area contributed by atoms with E-state index in [1.54, 1.807) is 31.2 Å². The van der Waals surface area contributed by atoms with Crippen LogP contribution in [0.2, 0.25) is 0 Å². The molecule has 5 rings (SSSR count). The number of fused-ring (bicyclic) bond motifs is 1. The molecule has 1 aromatic carbocycles. The van der Waals surface area contributed by atoms with E-state index in [2.05, 4.69) is 17.5 Å². The van der Waals surface area contributed by atoms with E-state index >= 15 is 0 Å². The van der Waals surface area contributed by atoms with Gasteiger partial charge >= 0.3 is 0 Å². The van der Waals surface area contributed by atoms with Crippen LogP contribution >= 0.6 is 0 Å². The van der Waals surface area contributed by atoms with Gasteiger partial charge in [0, 0.05) is 0 Å². The van der Waals surface area contributed by atoms with Crippen molar-refractivity contribution in [2.24, 2.45) is 23.7 Å². The minimum atomic E-state index is -0.857. The number of likely N-dealkylation sites (tertiary alicyclic amines) is 1. The van der Waals surface area contributed by atoms with Gasteiger partial charge in [-0.15, -0.1) is 0 Å². The normalized spacial score (nSPS) is 30.3. The number of allylic oxidation sites excluding steroid dienone is 2. The lowest BCUT2D eigenvalue weighted by Gasteiger charge is -2.38. The second-order valence-corrected chi connectivity index (χ2v) is 7.25. The molecule has 1 aliphatic heterocycles. The molecule has 4 aliphatic rings. The van der Waals surface area contributed by atoms with Crippen molar-refractivity contribution >= 4 is 23.4 Å². The van der Waals surface area contributed by atoms with Crippen LogP contribution in [-0.2, 0) is 14.4 Å². The molecule has 1 aromatic rings. The number of anilines is 1. The van der Waals surface area contributed by atoms with Gasteiger partial charge in [-0.2, -0.15) is 0 Å². The van der Waals surface area contributed by atoms with Crippen LogP contribution in [0.25, 0.3) is 0 Å². The highest BCUT2D eigenvalue weighted by Crippen LogP contribution is 2.50. The number of hydrogen-bond donors (Lipinski definition) is 1. The molecule has 3 aliphatic carbocycles. The summed E-state index contributed by atoms with van der Waals surface area (Å²) < 4.78 is 5.24. The molecule has 5 atom stereocenters. The van der Waals surface area contributed by atoms with Gasteiger partial charge < -0.3 is 10.1 Å². The van der Waals surface area contributed by atoms with E-state index in [1.807, 2.05) is 0 Å². The van der Waals surface area contributed by atoms with Crippen LogP contribution in [0, 0.1) is 23.7 Å². The lowest BCUT2D eigenvalue weighted by molar-refractivity contribution is -0.146. The summed E-state index contributed by atoms with van der Waals surface area (Å²) in [5, 5.41) is 2.77. The predicted molar refractivity (Wildman–Crippen MR) is 95.3 cm³/mol.